The van der Waals surface area contributed by atoms with E-state index in [1.54, 1.807) is 16.9 Å². The van der Waals surface area contributed by atoms with Crippen molar-refractivity contribution in [1.82, 2.24) is 19.7 Å². The first-order valence-electron chi connectivity index (χ1n) is 6.02. The lowest BCUT2D eigenvalue weighted by Gasteiger charge is -2.08. The highest BCUT2D eigenvalue weighted by Gasteiger charge is 2.16. The number of aryl methyl sites for hydroxylation is 2. The van der Waals surface area contributed by atoms with Crippen molar-refractivity contribution in [3.05, 3.63) is 34.5 Å². The van der Waals surface area contributed by atoms with Gasteiger partial charge in [0.05, 0.1) is 5.02 Å². The molecule has 0 bridgehead atoms. The van der Waals surface area contributed by atoms with Gasteiger partial charge in [-0.15, -0.1) is 5.10 Å². The Morgan fingerprint density at radius 3 is 2.74 bits per heavy atom. The third kappa shape index (κ3) is 2.44. The van der Waals surface area contributed by atoms with Crippen LogP contribution in [0.2, 0.25) is 5.02 Å². The molecule has 6 nitrogen and oxygen atoms in total. The molecule has 19 heavy (non-hydrogen) atoms. The molecule has 0 atom stereocenters. The minimum absolute atomic E-state index is 0.0949. The van der Waals surface area contributed by atoms with Crippen LogP contribution in [0.25, 0.3) is 5.82 Å². The molecule has 3 N–H and O–H groups in total. The molecular weight excluding hydrogens is 264 g/mol. The Morgan fingerprint density at radius 1 is 1.42 bits per heavy atom. The van der Waals surface area contributed by atoms with Gasteiger partial charge >= 0.3 is 0 Å². The number of nitrogen functional groups attached to an aromatic ring is 1. The number of aromatic nitrogens is 4. The van der Waals surface area contributed by atoms with E-state index < -0.39 is 0 Å². The normalized spacial score (nSPS) is 10.7. The van der Waals surface area contributed by atoms with Crippen LogP contribution in [0, 0.1) is 5.41 Å². The highest BCUT2D eigenvalue weighted by atomic mass is 35.5. The van der Waals surface area contributed by atoms with Crippen LogP contribution in [-0.2, 0) is 12.8 Å². The first-order valence-corrected chi connectivity index (χ1v) is 6.40. The third-order valence-electron chi connectivity index (χ3n) is 2.71. The molecule has 2 aromatic heterocycles. The summed E-state index contributed by atoms with van der Waals surface area (Å²) in [5.74, 6) is 1.89. The Balaban J connectivity index is 2.61. The van der Waals surface area contributed by atoms with Crippen LogP contribution in [-0.4, -0.2) is 25.6 Å². The Morgan fingerprint density at radius 2 is 2.16 bits per heavy atom. The molecule has 0 aliphatic carbocycles. The lowest BCUT2D eigenvalue weighted by atomic mass is 10.2. The van der Waals surface area contributed by atoms with Crippen LogP contribution >= 0.6 is 11.6 Å². The molecule has 0 aliphatic heterocycles. The number of hydrogen-bond donors (Lipinski definition) is 2. The molecule has 0 aliphatic rings. The third-order valence-corrected chi connectivity index (χ3v) is 3.08. The largest absolute Gasteiger partial charge is 0.384 e. The Labute approximate surface area is 116 Å². The van der Waals surface area contributed by atoms with E-state index in [0.29, 0.717) is 16.4 Å². The van der Waals surface area contributed by atoms with Crippen molar-refractivity contribution in [3.63, 3.8) is 0 Å². The lowest BCUT2D eigenvalue weighted by molar-refractivity contribution is 0.769. The van der Waals surface area contributed by atoms with Gasteiger partial charge in [-0.1, -0.05) is 25.4 Å². The summed E-state index contributed by atoms with van der Waals surface area (Å²) in [6.45, 7) is 3.98. The van der Waals surface area contributed by atoms with E-state index in [1.807, 2.05) is 13.8 Å². The van der Waals surface area contributed by atoms with Gasteiger partial charge in [-0.05, 0) is 6.07 Å². The average molecular weight is 279 g/mol. The Bertz CT molecular complexity index is 619. The molecule has 0 radical (unpaired) electrons. The van der Waals surface area contributed by atoms with E-state index in [9.17, 15) is 0 Å². The standard InChI is InChI=1S/C12H15ClN6/c1-3-8-17-9(4-2)19(18-8)12-10(13)7(11(14)15)5-6-16-12/h5-6H,3-4H2,1-2H3,(H3,14,15). The van der Waals surface area contributed by atoms with E-state index in [0.717, 1.165) is 24.5 Å². The van der Waals surface area contributed by atoms with Crippen molar-refractivity contribution in [2.45, 2.75) is 26.7 Å². The molecule has 0 unspecified atom stereocenters. The van der Waals surface area contributed by atoms with Crippen molar-refractivity contribution in [2.24, 2.45) is 5.73 Å². The second-order valence-electron chi connectivity index (χ2n) is 3.97. The lowest BCUT2D eigenvalue weighted by Crippen LogP contribution is -2.14. The SMILES string of the molecule is CCc1nc(CC)n(-c2nccc(C(=N)N)c2Cl)n1. The number of nitrogens with two attached hydrogens (primary N) is 1. The zero-order chi connectivity index (χ0) is 14.0. The number of nitrogens with one attached hydrogen (secondary N) is 1. The van der Waals surface area contributed by atoms with Gasteiger partial charge in [-0.2, -0.15) is 4.68 Å². The van der Waals surface area contributed by atoms with Crippen LogP contribution in [0.1, 0.15) is 31.1 Å². The monoisotopic (exact) mass is 278 g/mol. The van der Waals surface area contributed by atoms with Gasteiger partial charge in [0.15, 0.2) is 11.6 Å². The van der Waals surface area contributed by atoms with Gasteiger partial charge in [0, 0.05) is 24.6 Å². The zero-order valence-electron chi connectivity index (χ0n) is 10.8. The second-order valence-corrected chi connectivity index (χ2v) is 4.35. The maximum atomic E-state index is 7.50. The highest BCUT2D eigenvalue weighted by Crippen LogP contribution is 2.23. The Kier molecular flexibility index (Phi) is 3.80. The van der Waals surface area contributed by atoms with E-state index >= 15 is 0 Å². The van der Waals surface area contributed by atoms with Crippen LogP contribution in [0.5, 0.6) is 0 Å². The first kappa shape index (κ1) is 13.5. The van der Waals surface area contributed by atoms with Gasteiger partial charge in [-0.3, -0.25) is 5.41 Å². The molecule has 0 aromatic carbocycles. The number of rotatable bonds is 4. The smallest absolute Gasteiger partial charge is 0.175 e. The van der Waals surface area contributed by atoms with Crippen molar-refractivity contribution >= 4 is 17.4 Å². The second kappa shape index (κ2) is 5.36. The number of halogens is 1. The maximum absolute atomic E-state index is 7.50. The minimum atomic E-state index is -0.0949. The van der Waals surface area contributed by atoms with Crippen LogP contribution < -0.4 is 5.73 Å². The summed E-state index contributed by atoms with van der Waals surface area (Å²) < 4.78 is 1.62. The first-order chi connectivity index (χ1) is 9.08. The topological polar surface area (TPSA) is 93.5 Å². The van der Waals surface area contributed by atoms with Gasteiger partial charge in [0.25, 0.3) is 0 Å². The summed E-state index contributed by atoms with van der Waals surface area (Å²) in [7, 11) is 0. The fraction of sp³-hybridized carbons (Fsp3) is 0.333. The predicted octanol–water partition coefficient (Wildman–Crippen LogP) is 1.72. The molecule has 7 heteroatoms. The molecule has 0 saturated carbocycles. The quantitative estimate of drug-likeness (QED) is 0.658. The molecule has 100 valence electrons. The van der Waals surface area contributed by atoms with E-state index in [-0.39, 0.29) is 5.84 Å². The number of amidine groups is 1. The average Bonchev–Trinajstić information content (AvgIpc) is 2.81. The summed E-state index contributed by atoms with van der Waals surface area (Å²) in [5, 5.41) is 12.2. The van der Waals surface area contributed by atoms with Crippen molar-refractivity contribution in [2.75, 3.05) is 0 Å². The van der Waals surface area contributed by atoms with Crippen LogP contribution in [0.15, 0.2) is 12.3 Å². The summed E-state index contributed by atoms with van der Waals surface area (Å²) in [6.07, 6.45) is 3.02. The number of nitrogens with zero attached hydrogens (tertiary/aromatic N) is 4. The van der Waals surface area contributed by atoms with Gasteiger partial charge < -0.3 is 5.73 Å². The molecule has 0 spiro atoms. The molecule has 2 rings (SSSR count). The number of hydrogen-bond acceptors (Lipinski definition) is 4. The summed E-state index contributed by atoms with van der Waals surface area (Å²) in [6, 6.07) is 1.61. The predicted molar refractivity (Wildman–Crippen MR) is 73.9 cm³/mol. The molecule has 0 saturated heterocycles. The van der Waals surface area contributed by atoms with E-state index in [4.69, 9.17) is 22.7 Å². The van der Waals surface area contributed by atoms with Crippen molar-refractivity contribution in [1.29, 1.82) is 5.41 Å². The van der Waals surface area contributed by atoms with Gasteiger partial charge in [0.1, 0.15) is 11.7 Å². The van der Waals surface area contributed by atoms with Crippen molar-refractivity contribution < 1.29 is 0 Å². The van der Waals surface area contributed by atoms with E-state index in [1.165, 1.54) is 0 Å². The summed E-state index contributed by atoms with van der Waals surface area (Å²) >= 11 is 6.25. The Hall–Kier alpha value is -1.95. The molecule has 0 amide bonds. The van der Waals surface area contributed by atoms with Gasteiger partial charge in [-0.25, -0.2) is 9.97 Å². The number of pyridine rings is 1. The van der Waals surface area contributed by atoms with Gasteiger partial charge in [0.2, 0.25) is 0 Å². The fourth-order valence-electron chi connectivity index (χ4n) is 1.73. The fourth-order valence-corrected chi connectivity index (χ4v) is 2.02. The molecule has 2 aromatic rings. The highest BCUT2D eigenvalue weighted by molar-refractivity contribution is 6.35. The van der Waals surface area contributed by atoms with Crippen molar-refractivity contribution in [3.8, 4) is 5.82 Å². The zero-order valence-corrected chi connectivity index (χ0v) is 11.6. The molecular formula is C12H15ClN6. The van der Waals surface area contributed by atoms with Crippen LogP contribution in [0.4, 0.5) is 0 Å². The molecule has 2 heterocycles. The summed E-state index contributed by atoms with van der Waals surface area (Å²) in [5.41, 5.74) is 5.94. The van der Waals surface area contributed by atoms with Crippen LogP contribution in [0.3, 0.4) is 0 Å². The maximum Gasteiger partial charge on any atom is 0.175 e. The molecule has 0 fully saturated rings. The van der Waals surface area contributed by atoms with E-state index in [2.05, 4.69) is 15.1 Å². The minimum Gasteiger partial charge on any atom is -0.384 e. The summed E-state index contributed by atoms with van der Waals surface area (Å²) in [4.78, 5) is 8.63.